The number of phenols is 1. The van der Waals surface area contributed by atoms with Gasteiger partial charge >= 0.3 is 0 Å². The number of nitrogens with two attached hydrogens (primary N) is 1. The van der Waals surface area contributed by atoms with Crippen LogP contribution in [0, 0.1) is 11.6 Å². The molecule has 0 aliphatic carbocycles. The van der Waals surface area contributed by atoms with Gasteiger partial charge in [-0.3, -0.25) is 9.59 Å². The van der Waals surface area contributed by atoms with Gasteiger partial charge < -0.3 is 15.7 Å². The van der Waals surface area contributed by atoms with Crippen molar-refractivity contribution in [3.63, 3.8) is 0 Å². The SMILES string of the molecule is NC(=O)CN(Cc1ccc(Br)cc1)C(=O)c1c(O)cc(F)cc1F. The monoisotopic (exact) mass is 398 g/mol. The number of rotatable bonds is 5. The van der Waals surface area contributed by atoms with Gasteiger partial charge in [-0.15, -0.1) is 0 Å². The minimum atomic E-state index is -1.22. The molecular weight excluding hydrogens is 386 g/mol. The molecule has 2 rings (SSSR count). The molecule has 0 radical (unpaired) electrons. The third kappa shape index (κ3) is 4.29. The zero-order valence-corrected chi connectivity index (χ0v) is 13.9. The summed E-state index contributed by atoms with van der Waals surface area (Å²) in [5.41, 5.74) is 5.08. The Hall–Kier alpha value is -2.48. The van der Waals surface area contributed by atoms with Crippen molar-refractivity contribution in [2.24, 2.45) is 5.73 Å². The van der Waals surface area contributed by atoms with E-state index in [1.54, 1.807) is 24.3 Å². The Kier molecular flexibility index (Phi) is 5.50. The molecule has 24 heavy (non-hydrogen) atoms. The molecule has 0 unspecified atom stereocenters. The Bertz CT molecular complexity index is 758. The highest BCUT2D eigenvalue weighted by atomic mass is 79.9. The van der Waals surface area contributed by atoms with E-state index in [4.69, 9.17) is 5.73 Å². The van der Waals surface area contributed by atoms with E-state index in [9.17, 15) is 23.5 Å². The molecule has 0 fully saturated rings. The lowest BCUT2D eigenvalue weighted by molar-refractivity contribution is -0.118. The van der Waals surface area contributed by atoms with Crippen LogP contribution in [0.5, 0.6) is 5.75 Å². The van der Waals surface area contributed by atoms with E-state index in [1.807, 2.05) is 0 Å². The summed E-state index contributed by atoms with van der Waals surface area (Å²) in [6, 6.07) is 7.97. The topological polar surface area (TPSA) is 83.6 Å². The van der Waals surface area contributed by atoms with Gasteiger partial charge in [0, 0.05) is 23.2 Å². The molecule has 2 amide bonds. The van der Waals surface area contributed by atoms with Gasteiger partial charge in [-0.05, 0) is 17.7 Å². The Labute approximate surface area is 144 Å². The highest BCUT2D eigenvalue weighted by Crippen LogP contribution is 2.24. The second-order valence-electron chi connectivity index (χ2n) is 5.04. The maximum Gasteiger partial charge on any atom is 0.261 e. The van der Waals surface area contributed by atoms with Crippen LogP contribution in [0.15, 0.2) is 40.9 Å². The summed E-state index contributed by atoms with van der Waals surface area (Å²) in [5, 5.41) is 9.68. The van der Waals surface area contributed by atoms with Gasteiger partial charge in [-0.2, -0.15) is 0 Å². The van der Waals surface area contributed by atoms with Crippen LogP contribution in [0.4, 0.5) is 8.78 Å². The molecule has 3 N–H and O–H groups in total. The number of phenolic OH excluding ortho intramolecular Hbond substituents is 1. The van der Waals surface area contributed by atoms with Crippen LogP contribution in [-0.4, -0.2) is 28.4 Å². The largest absolute Gasteiger partial charge is 0.507 e. The molecule has 0 aliphatic rings. The molecular formula is C16H13BrF2N2O3. The zero-order chi connectivity index (χ0) is 17.9. The molecule has 0 spiro atoms. The number of hydrogen-bond donors (Lipinski definition) is 2. The first-order valence-corrected chi connectivity index (χ1v) is 7.57. The van der Waals surface area contributed by atoms with Gasteiger partial charge in [0.25, 0.3) is 5.91 Å². The van der Waals surface area contributed by atoms with Gasteiger partial charge in [0.15, 0.2) is 0 Å². The third-order valence-electron chi connectivity index (χ3n) is 3.17. The van der Waals surface area contributed by atoms with Crippen molar-refractivity contribution in [2.45, 2.75) is 6.54 Å². The van der Waals surface area contributed by atoms with Gasteiger partial charge in [-0.1, -0.05) is 28.1 Å². The van der Waals surface area contributed by atoms with Crippen LogP contribution < -0.4 is 5.73 Å². The van der Waals surface area contributed by atoms with E-state index in [0.29, 0.717) is 17.7 Å². The molecule has 0 aliphatic heterocycles. The molecule has 0 heterocycles. The quantitative estimate of drug-likeness (QED) is 0.811. The second-order valence-corrected chi connectivity index (χ2v) is 5.95. The number of hydrogen-bond acceptors (Lipinski definition) is 3. The van der Waals surface area contributed by atoms with Crippen molar-refractivity contribution in [3.8, 4) is 5.75 Å². The fourth-order valence-electron chi connectivity index (χ4n) is 2.13. The first-order chi connectivity index (χ1) is 11.3. The van der Waals surface area contributed by atoms with Crippen molar-refractivity contribution in [2.75, 3.05) is 6.54 Å². The highest BCUT2D eigenvalue weighted by molar-refractivity contribution is 9.10. The maximum atomic E-state index is 13.9. The van der Waals surface area contributed by atoms with Crippen molar-refractivity contribution >= 4 is 27.7 Å². The van der Waals surface area contributed by atoms with Gasteiger partial charge in [-0.25, -0.2) is 8.78 Å². The van der Waals surface area contributed by atoms with Crippen LogP contribution in [0.25, 0.3) is 0 Å². The second kappa shape index (κ2) is 7.39. The van der Waals surface area contributed by atoms with Crippen molar-refractivity contribution in [1.29, 1.82) is 0 Å². The van der Waals surface area contributed by atoms with E-state index in [2.05, 4.69) is 15.9 Å². The number of amides is 2. The molecule has 0 aromatic heterocycles. The van der Waals surface area contributed by atoms with Gasteiger partial charge in [0.1, 0.15) is 22.9 Å². The summed E-state index contributed by atoms with van der Waals surface area (Å²) in [5.74, 6) is -4.85. The predicted octanol–water partition coefficient (Wildman–Crippen LogP) is 2.56. The normalized spacial score (nSPS) is 10.5. The number of benzene rings is 2. The minimum Gasteiger partial charge on any atom is -0.507 e. The summed E-state index contributed by atoms with van der Waals surface area (Å²) >= 11 is 3.27. The standard InChI is InChI=1S/C16H13BrF2N2O3/c17-10-3-1-9(2-4-10)7-21(8-14(20)23)16(24)15-12(19)5-11(18)6-13(15)22/h1-6,22H,7-8H2,(H2,20,23). The first-order valence-electron chi connectivity index (χ1n) is 6.78. The van der Waals surface area contributed by atoms with E-state index in [-0.39, 0.29) is 6.54 Å². The zero-order valence-electron chi connectivity index (χ0n) is 12.3. The fraction of sp³-hybridized carbons (Fsp3) is 0.125. The lowest BCUT2D eigenvalue weighted by Gasteiger charge is -2.22. The summed E-state index contributed by atoms with van der Waals surface area (Å²) in [4.78, 5) is 24.7. The Morgan fingerprint density at radius 3 is 2.33 bits per heavy atom. The molecule has 0 saturated heterocycles. The minimum absolute atomic E-state index is 0.0364. The van der Waals surface area contributed by atoms with Crippen LogP contribution >= 0.6 is 15.9 Å². The molecule has 2 aromatic rings. The summed E-state index contributed by atoms with van der Waals surface area (Å²) in [6.07, 6.45) is 0. The van der Waals surface area contributed by atoms with Gasteiger partial charge in [0.05, 0.1) is 6.54 Å². The molecule has 5 nitrogen and oxygen atoms in total. The van der Waals surface area contributed by atoms with Crippen molar-refractivity contribution in [1.82, 2.24) is 4.90 Å². The van der Waals surface area contributed by atoms with E-state index >= 15 is 0 Å². The fourth-order valence-corrected chi connectivity index (χ4v) is 2.39. The Balaban J connectivity index is 2.35. The van der Waals surface area contributed by atoms with Crippen molar-refractivity contribution in [3.05, 3.63) is 63.6 Å². The number of carbonyl (C=O) groups is 2. The number of primary amides is 1. The van der Waals surface area contributed by atoms with Crippen LogP contribution in [0.2, 0.25) is 0 Å². The highest BCUT2D eigenvalue weighted by Gasteiger charge is 2.25. The smallest absolute Gasteiger partial charge is 0.261 e. The van der Waals surface area contributed by atoms with Crippen LogP contribution in [0.3, 0.4) is 0 Å². The van der Waals surface area contributed by atoms with E-state index in [1.165, 1.54) is 0 Å². The molecule has 0 bridgehead atoms. The number of nitrogens with zero attached hydrogens (tertiary/aromatic N) is 1. The molecule has 0 atom stereocenters. The molecule has 2 aromatic carbocycles. The average molecular weight is 399 g/mol. The summed E-state index contributed by atoms with van der Waals surface area (Å²) < 4.78 is 27.8. The number of halogens is 3. The van der Waals surface area contributed by atoms with Crippen LogP contribution in [0.1, 0.15) is 15.9 Å². The number of carbonyl (C=O) groups excluding carboxylic acids is 2. The van der Waals surface area contributed by atoms with E-state index < -0.39 is 41.3 Å². The Morgan fingerprint density at radius 2 is 1.79 bits per heavy atom. The molecule has 8 heteroatoms. The lowest BCUT2D eigenvalue weighted by Crippen LogP contribution is -2.38. The maximum absolute atomic E-state index is 13.9. The average Bonchev–Trinajstić information content (AvgIpc) is 2.47. The lowest BCUT2D eigenvalue weighted by atomic mass is 10.1. The summed E-state index contributed by atoms with van der Waals surface area (Å²) in [7, 11) is 0. The van der Waals surface area contributed by atoms with Crippen molar-refractivity contribution < 1.29 is 23.5 Å². The molecule has 126 valence electrons. The first kappa shape index (κ1) is 17.9. The van der Waals surface area contributed by atoms with Gasteiger partial charge in [0.2, 0.25) is 5.91 Å². The molecule has 0 saturated carbocycles. The summed E-state index contributed by atoms with van der Waals surface area (Å²) in [6.45, 7) is -0.517. The van der Waals surface area contributed by atoms with Crippen LogP contribution in [-0.2, 0) is 11.3 Å². The predicted molar refractivity (Wildman–Crippen MR) is 86.1 cm³/mol. The van der Waals surface area contributed by atoms with E-state index in [0.717, 1.165) is 9.37 Å². The Morgan fingerprint density at radius 1 is 1.17 bits per heavy atom. The number of aromatic hydroxyl groups is 1. The third-order valence-corrected chi connectivity index (χ3v) is 3.70.